The summed E-state index contributed by atoms with van der Waals surface area (Å²) in [6.07, 6.45) is 7.49. The van der Waals surface area contributed by atoms with Crippen molar-refractivity contribution in [3.63, 3.8) is 0 Å². The quantitative estimate of drug-likeness (QED) is 0.796. The number of carbonyl (C=O) groups excluding carboxylic acids is 1. The van der Waals surface area contributed by atoms with Gasteiger partial charge in [0.25, 0.3) is 5.91 Å². The molecule has 0 unspecified atom stereocenters. The fraction of sp³-hybridized carbons (Fsp3) is 0.583. The summed E-state index contributed by atoms with van der Waals surface area (Å²) in [5, 5.41) is 4.47. The van der Waals surface area contributed by atoms with Gasteiger partial charge in [-0.25, -0.2) is 0 Å². The predicted octanol–water partition coefficient (Wildman–Crippen LogP) is 3.19. The van der Waals surface area contributed by atoms with Gasteiger partial charge in [0.05, 0.1) is 11.3 Å². The Bertz CT molecular complexity index is 905. The molecule has 1 aromatic heterocycles. The van der Waals surface area contributed by atoms with Crippen LogP contribution in [0, 0.1) is 19.8 Å². The van der Waals surface area contributed by atoms with Gasteiger partial charge in [0.2, 0.25) is 0 Å². The lowest BCUT2D eigenvalue weighted by atomic mass is 9.90. The van der Waals surface area contributed by atoms with Crippen LogP contribution in [0.2, 0.25) is 0 Å². The highest BCUT2D eigenvalue weighted by Gasteiger charge is 2.24. The number of hydrogen-bond acceptors (Lipinski definition) is 4. The van der Waals surface area contributed by atoms with Crippen molar-refractivity contribution >= 4 is 11.6 Å². The number of nitrogens with two attached hydrogens (primary N) is 1. The number of rotatable bonds is 6. The number of aromatic nitrogens is 2. The number of carbonyl (C=O) groups is 1. The Labute approximate surface area is 180 Å². The maximum atomic E-state index is 11.7. The van der Waals surface area contributed by atoms with Crippen LogP contribution in [0.25, 0.3) is 0 Å². The molecule has 2 aliphatic heterocycles. The van der Waals surface area contributed by atoms with E-state index in [4.69, 9.17) is 5.73 Å². The Kier molecular flexibility index (Phi) is 6.14. The second-order valence-electron chi connectivity index (χ2n) is 9.14. The van der Waals surface area contributed by atoms with Gasteiger partial charge in [-0.15, -0.1) is 0 Å². The highest BCUT2D eigenvalue weighted by molar-refractivity contribution is 5.93. The number of benzene rings is 1. The summed E-state index contributed by atoms with van der Waals surface area (Å²) in [4.78, 5) is 16.8. The van der Waals surface area contributed by atoms with E-state index >= 15 is 0 Å². The van der Waals surface area contributed by atoms with E-state index in [0.717, 1.165) is 44.6 Å². The van der Waals surface area contributed by atoms with Crippen molar-refractivity contribution < 1.29 is 4.79 Å². The van der Waals surface area contributed by atoms with Gasteiger partial charge in [-0.05, 0) is 87.7 Å². The van der Waals surface area contributed by atoms with Gasteiger partial charge < -0.3 is 10.6 Å². The summed E-state index contributed by atoms with van der Waals surface area (Å²) in [6.45, 7) is 10.2. The highest BCUT2D eigenvalue weighted by Crippen LogP contribution is 2.30. The van der Waals surface area contributed by atoms with Crippen LogP contribution in [0.15, 0.2) is 18.3 Å². The topological polar surface area (TPSA) is 67.4 Å². The molecular weight excluding hydrogens is 374 g/mol. The van der Waals surface area contributed by atoms with E-state index in [-0.39, 0.29) is 5.91 Å². The first-order valence-corrected chi connectivity index (χ1v) is 11.3. The first-order valence-electron chi connectivity index (χ1n) is 11.3. The molecule has 0 aliphatic carbocycles. The fourth-order valence-corrected chi connectivity index (χ4v) is 5.09. The van der Waals surface area contributed by atoms with Crippen LogP contribution in [0.4, 0.5) is 5.69 Å². The first-order chi connectivity index (χ1) is 14.4. The molecule has 0 spiro atoms. The van der Waals surface area contributed by atoms with Crippen LogP contribution in [-0.4, -0.2) is 46.8 Å². The minimum absolute atomic E-state index is 0.376. The lowest BCUT2D eigenvalue weighted by Gasteiger charge is -2.32. The number of anilines is 1. The molecule has 30 heavy (non-hydrogen) atoms. The Hall–Kier alpha value is -2.34. The van der Waals surface area contributed by atoms with Gasteiger partial charge in [-0.1, -0.05) is 6.07 Å². The van der Waals surface area contributed by atoms with Crippen LogP contribution < -0.4 is 10.6 Å². The summed E-state index contributed by atoms with van der Waals surface area (Å²) in [5.74, 6) is 0.188. The second kappa shape index (κ2) is 8.80. The third-order valence-corrected chi connectivity index (χ3v) is 7.07. The standard InChI is InChI=1S/C24H35N5O/c1-17-18(2)23(29-10-4-5-11-29)7-6-20(17)15-28-12-8-19(9-13-28)14-22-21(24(25)30)16-27(3)26-22/h6-7,16,19H,4-5,8-15H2,1-3H3,(H2,25,30). The molecule has 2 aromatic rings. The third kappa shape index (κ3) is 4.38. The third-order valence-electron chi connectivity index (χ3n) is 7.07. The SMILES string of the molecule is Cc1c(CN2CCC(Cc3nn(C)cc3C(N)=O)CC2)ccc(N2CCCC2)c1C. The van der Waals surface area contributed by atoms with Crippen molar-refractivity contribution in [3.05, 3.63) is 46.3 Å². The molecule has 162 valence electrons. The summed E-state index contributed by atoms with van der Waals surface area (Å²) >= 11 is 0. The van der Waals surface area contributed by atoms with E-state index in [1.807, 2.05) is 7.05 Å². The zero-order valence-corrected chi connectivity index (χ0v) is 18.7. The van der Waals surface area contributed by atoms with E-state index in [2.05, 4.69) is 40.9 Å². The average molecular weight is 410 g/mol. The Balaban J connectivity index is 1.35. The normalized spacial score (nSPS) is 18.3. The molecule has 0 saturated carbocycles. The maximum absolute atomic E-state index is 11.7. The van der Waals surface area contributed by atoms with Gasteiger partial charge in [-0.3, -0.25) is 14.4 Å². The van der Waals surface area contributed by atoms with Crippen LogP contribution in [-0.2, 0) is 20.0 Å². The zero-order chi connectivity index (χ0) is 21.3. The van der Waals surface area contributed by atoms with Gasteiger partial charge in [0.1, 0.15) is 0 Å². The molecule has 0 radical (unpaired) electrons. The molecule has 0 atom stereocenters. The van der Waals surface area contributed by atoms with E-state index in [1.165, 1.54) is 48.3 Å². The van der Waals surface area contributed by atoms with Crippen molar-refractivity contribution in [2.75, 3.05) is 31.1 Å². The molecular formula is C24H35N5O. The molecule has 2 fully saturated rings. The molecule has 1 aromatic carbocycles. The monoisotopic (exact) mass is 409 g/mol. The lowest BCUT2D eigenvalue weighted by molar-refractivity contribution is 0.0998. The van der Waals surface area contributed by atoms with E-state index in [9.17, 15) is 4.79 Å². The molecule has 6 heteroatoms. The molecule has 0 bridgehead atoms. The molecule has 2 aliphatic rings. The van der Waals surface area contributed by atoms with Gasteiger partial charge in [0, 0.05) is 38.6 Å². The first kappa shape index (κ1) is 20.9. The Morgan fingerprint density at radius 1 is 1.10 bits per heavy atom. The van der Waals surface area contributed by atoms with Crippen molar-refractivity contribution in [3.8, 4) is 0 Å². The molecule has 2 saturated heterocycles. The molecule has 2 N–H and O–H groups in total. The van der Waals surface area contributed by atoms with Crippen LogP contribution in [0.1, 0.15) is 58.4 Å². The van der Waals surface area contributed by atoms with E-state index in [0.29, 0.717) is 11.5 Å². The van der Waals surface area contributed by atoms with Crippen LogP contribution in [0.5, 0.6) is 0 Å². The van der Waals surface area contributed by atoms with Gasteiger partial charge in [0.15, 0.2) is 0 Å². The number of hydrogen-bond donors (Lipinski definition) is 1. The van der Waals surface area contributed by atoms with Crippen LogP contribution >= 0.6 is 0 Å². The highest BCUT2D eigenvalue weighted by atomic mass is 16.1. The number of nitrogens with zero attached hydrogens (tertiary/aromatic N) is 4. The largest absolute Gasteiger partial charge is 0.371 e. The summed E-state index contributed by atoms with van der Waals surface area (Å²) in [5.41, 5.74) is 12.7. The van der Waals surface area contributed by atoms with Crippen LogP contribution in [0.3, 0.4) is 0 Å². The van der Waals surface area contributed by atoms with Crippen molar-refractivity contribution in [2.45, 2.75) is 52.5 Å². The van der Waals surface area contributed by atoms with E-state index < -0.39 is 0 Å². The Morgan fingerprint density at radius 2 is 1.80 bits per heavy atom. The van der Waals surface area contributed by atoms with Gasteiger partial charge >= 0.3 is 0 Å². The molecule has 4 rings (SSSR count). The predicted molar refractivity (Wildman–Crippen MR) is 121 cm³/mol. The Morgan fingerprint density at radius 3 is 2.47 bits per heavy atom. The summed E-state index contributed by atoms with van der Waals surface area (Å²) in [7, 11) is 1.85. The molecule has 1 amide bonds. The smallest absolute Gasteiger partial charge is 0.252 e. The zero-order valence-electron chi connectivity index (χ0n) is 18.7. The molecule has 3 heterocycles. The number of aryl methyl sites for hydroxylation is 1. The summed E-state index contributed by atoms with van der Waals surface area (Å²) < 4.78 is 1.70. The minimum Gasteiger partial charge on any atom is -0.371 e. The molecule has 6 nitrogen and oxygen atoms in total. The van der Waals surface area contributed by atoms with E-state index in [1.54, 1.807) is 10.9 Å². The van der Waals surface area contributed by atoms with Crippen molar-refractivity contribution in [1.82, 2.24) is 14.7 Å². The average Bonchev–Trinajstić information content (AvgIpc) is 3.37. The second-order valence-corrected chi connectivity index (χ2v) is 9.14. The van der Waals surface area contributed by atoms with Crippen molar-refractivity contribution in [2.24, 2.45) is 18.7 Å². The number of amides is 1. The lowest BCUT2D eigenvalue weighted by Crippen LogP contribution is -2.34. The maximum Gasteiger partial charge on any atom is 0.252 e. The fourth-order valence-electron chi connectivity index (χ4n) is 5.09. The number of piperidine rings is 1. The minimum atomic E-state index is -0.376. The summed E-state index contributed by atoms with van der Waals surface area (Å²) in [6, 6.07) is 4.68. The number of likely N-dealkylation sites (tertiary alicyclic amines) is 1. The number of primary amides is 1. The van der Waals surface area contributed by atoms with Crippen molar-refractivity contribution in [1.29, 1.82) is 0 Å². The van der Waals surface area contributed by atoms with Gasteiger partial charge in [-0.2, -0.15) is 5.10 Å².